The molecule has 1 amide bonds. The van der Waals surface area contributed by atoms with Crippen molar-refractivity contribution in [2.45, 2.75) is 27.2 Å². The second-order valence-electron chi connectivity index (χ2n) is 7.45. The maximum atomic E-state index is 12.6. The van der Waals surface area contributed by atoms with Crippen molar-refractivity contribution in [3.8, 4) is 5.75 Å². The van der Waals surface area contributed by atoms with Crippen LogP contribution >= 0.6 is 0 Å². The van der Waals surface area contributed by atoms with E-state index in [0.717, 1.165) is 0 Å². The average Bonchev–Trinajstić information content (AvgIpc) is 3.31. The Morgan fingerprint density at radius 3 is 2.56 bits per heavy atom. The van der Waals surface area contributed by atoms with Gasteiger partial charge in [0.1, 0.15) is 5.75 Å². The molecular formula is C23H26N2O7. The van der Waals surface area contributed by atoms with Crippen LogP contribution in [0.3, 0.4) is 0 Å². The monoisotopic (exact) mass is 442 g/mol. The van der Waals surface area contributed by atoms with E-state index in [-0.39, 0.29) is 31.2 Å². The zero-order chi connectivity index (χ0) is 23.4. The van der Waals surface area contributed by atoms with Crippen LogP contribution in [-0.4, -0.2) is 55.5 Å². The number of nitrogens with one attached hydrogen (secondary N) is 1. The summed E-state index contributed by atoms with van der Waals surface area (Å²) in [5.41, 5.74) is 2.02. The predicted molar refractivity (Wildman–Crippen MR) is 115 cm³/mol. The summed E-state index contributed by atoms with van der Waals surface area (Å²) in [5, 5.41) is 0. The van der Waals surface area contributed by atoms with Crippen molar-refractivity contribution in [2.75, 3.05) is 31.8 Å². The van der Waals surface area contributed by atoms with Crippen molar-refractivity contribution in [3.05, 3.63) is 46.8 Å². The van der Waals surface area contributed by atoms with Crippen LogP contribution in [0.15, 0.2) is 24.3 Å². The number of nitrogens with zero attached hydrogens (tertiary/aromatic N) is 1. The second kappa shape index (κ2) is 9.67. The third-order valence-electron chi connectivity index (χ3n) is 5.38. The third-order valence-corrected chi connectivity index (χ3v) is 5.38. The Hall–Kier alpha value is -3.62. The SMILES string of the molecule is CCOC(=O)c1c(C)[nH]c(C(=O)COC(=O)C2CC(=O)N(c3ccccc3OC)C2)c1C. The van der Waals surface area contributed by atoms with Crippen LogP contribution in [0, 0.1) is 19.8 Å². The molecule has 3 rings (SSSR count). The number of carbonyl (C=O) groups is 4. The average molecular weight is 442 g/mol. The van der Waals surface area contributed by atoms with E-state index in [1.54, 1.807) is 45.0 Å². The molecule has 1 atom stereocenters. The van der Waals surface area contributed by atoms with E-state index in [9.17, 15) is 19.2 Å². The van der Waals surface area contributed by atoms with Gasteiger partial charge in [0, 0.05) is 18.7 Å². The van der Waals surface area contributed by atoms with Crippen molar-refractivity contribution < 1.29 is 33.4 Å². The molecule has 0 saturated carbocycles. The number of Topliss-reactive ketones (excluding diaryl/α,β-unsaturated/α-hetero) is 1. The number of ether oxygens (including phenoxy) is 3. The number of hydrogen-bond donors (Lipinski definition) is 1. The summed E-state index contributed by atoms with van der Waals surface area (Å²) in [6.45, 7) is 4.85. The largest absolute Gasteiger partial charge is 0.495 e. The number of para-hydroxylation sites is 2. The molecule has 9 nitrogen and oxygen atoms in total. The highest BCUT2D eigenvalue weighted by molar-refractivity contribution is 6.03. The molecule has 1 unspecified atom stereocenters. The van der Waals surface area contributed by atoms with Gasteiger partial charge in [-0.3, -0.25) is 14.4 Å². The van der Waals surface area contributed by atoms with Gasteiger partial charge in [-0.1, -0.05) is 12.1 Å². The van der Waals surface area contributed by atoms with Gasteiger partial charge in [-0.25, -0.2) is 4.79 Å². The smallest absolute Gasteiger partial charge is 0.340 e. The van der Waals surface area contributed by atoms with Crippen molar-refractivity contribution in [1.82, 2.24) is 4.98 Å². The minimum Gasteiger partial charge on any atom is -0.495 e. The van der Waals surface area contributed by atoms with Crippen LogP contribution in [0.5, 0.6) is 5.75 Å². The molecule has 1 fully saturated rings. The van der Waals surface area contributed by atoms with Gasteiger partial charge in [0.2, 0.25) is 11.7 Å². The number of aromatic amines is 1. The molecule has 1 aromatic carbocycles. The number of benzene rings is 1. The minimum absolute atomic E-state index is 0.0152. The minimum atomic E-state index is -0.693. The lowest BCUT2D eigenvalue weighted by molar-refractivity contribution is -0.147. The molecule has 0 radical (unpaired) electrons. The van der Waals surface area contributed by atoms with Crippen LogP contribution in [0.1, 0.15) is 45.4 Å². The number of carbonyl (C=O) groups excluding carboxylic acids is 4. The summed E-state index contributed by atoms with van der Waals surface area (Å²) in [6, 6.07) is 7.04. The highest BCUT2D eigenvalue weighted by Gasteiger charge is 2.37. The van der Waals surface area contributed by atoms with E-state index in [4.69, 9.17) is 14.2 Å². The first-order valence-corrected chi connectivity index (χ1v) is 10.3. The first kappa shape index (κ1) is 23.1. The fourth-order valence-corrected chi connectivity index (χ4v) is 3.82. The number of rotatable bonds is 8. The molecule has 1 aliphatic heterocycles. The molecule has 9 heteroatoms. The Bertz CT molecular complexity index is 1060. The van der Waals surface area contributed by atoms with Crippen LogP contribution in [0.4, 0.5) is 5.69 Å². The molecule has 1 saturated heterocycles. The predicted octanol–water partition coefficient (Wildman–Crippen LogP) is 2.60. The van der Waals surface area contributed by atoms with Gasteiger partial charge in [-0.2, -0.15) is 0 Å². The van der Waals surface area contributed by atoms with E-state index < -0.39 is 30.2 Å². The summed E-state index contributed by atoms with van der Waals surface area (Å²) >= 11 is 0. The number of aromatic nitrogens is 1. The number of methoxy groups -OCH3 is 1. The van der Waals surface area contributed by atoms with Crippen LogP contribution in [0.25, 0.3) is 0 Å². The lowest BCUT2D eigenvalue weighted by Gasteiger charge is -2.19. The molecule has 1 N–H and O–H groups in total. The number of anilines is 1. The van der Waals surface area contributed by atoms with E-state index in [2.05, 4.69) is 4.98 Å². The number of ketones is 1. The number of esters is 2. The van der Waals surface area contributed by atoms with Gasteiger partial charge in [0.15, 0.2) is 6.61 Å². The highest BCUT2D eigenvalue weighted by atomic mass is 16.5. The number of aryl methyl sites for hydroxylation is 1. The van der Waals surface area contributed by atoms with E-state index >= 15 is 0 Å². The number of H-pyrrole nitrogens is 1. The van der Waals surface area contributed by atoms with Gasteiger partial charge < -0.3 is 24.1 Å². The van der Waals surface area contributed by atoms with Crippen molar-refractivity contribution >= 4 is 29.3 Å². The first-order valence-electron chi connectivity index (χ1n) is 10.3. The van der Waals surface area contributed by atoms with Gasteiger partial charge in [0.05, 0.1) is 36.6 Å². The Balaban J connectivity index is 1.64. The van der Waals surface area contributed by atoms with Crippen LogP contribution in [-0.2, 0) is 19.1 Å². The zero-order valence-electron chi connectivity index (χ0n) is 18.5. The summed E-state index contributed by atoms with van der Waals surface area (Å²) in [6.07, 6.45) is -0.0152. The Kier molecular flexibility index (Phi) is 6.97. The van der Waals surface area contributed by atoms with Gasteiger partial charge >= 0.3 is 11.9 Å². The summed E-state index contributed by atoms with van der Waals surface area (Å²) in [7, 11) is 1.51. The van der Waals surface area contributed by atoms with E-state index in [0.29, 0.717) is 28.3 Å². The van der Waals surface area contributed by atoms with Crippen LogP contribution < -0.4 is 9.64 Å². The standard InChI is InChI=1S/C23H26N2O7/c1-5-31-23(29)20-13(2)21(24-14(20)3)17(26)12-32-22(28)15-10-19(27)25(11-15)16-8-6-7-9-18(16)30-4/h6-9,15,24H,5,10-12H2,1-4H3. The molecule has 2 heterocycles. The van der Waals surface area contributed by atoms with Gasteiger partial charge in [0.25, 0.3) is 0 Å². The fourth-order valence-electron chi connectivity index (χ4n) is 3.82. The second-order valence-corrected chi connectivity index (χ2v) is 7.45. The molecule has 2 aromatic rings. The topological polar surface area (TPSA) is 115 Å². The molecule has 32 heavy (non-hydrogen) atoms. The van der Waals surface area contributed by atoms with Crippen molar-refractivity contribution in [3.63, 3.8) is 0 Å². The quantitative estimate of drug-likeness (QED) is 0.494. The third kappa shape index (κ3) is 4.51. The molecule has 1 aromatic heterocycles. The molecule has 1 aliphatic rings. The first-order chi connectivity index (χ1) is 15.3. The molecule has 0 aliphatic carbocycles. The number of amides is 1. The van der Waals surface area contributed by atoms with E-state index in [1.165, 1.54) is 12.0 Å². The normalized spacial score (nSPS) is 15.6. The van der Waals surface area contributed by atoms with E-state index in [1.807, 2.05) is 0 Å². The Morgan fingerprint density at radius 1 is 1.16 bits per heavy atom. The fraction of sp³-hybridized carbons (Fsp3) is 0.391. The molecule has 0 spiro atoms. The molecular weight excluding hydrogens is 416 g/mol. The lowest BCUT2D eigenvalue weighted by atomic mass is 10.1. The Morgan fingerprint density at radius 2 is 1.88 bits per heavy atom. The number of hydrogen-bond acceptors (Lipinski definition) is 7. The maximum absolute atomic E-state index is 12.6. The maximum Gasteiger partial charge on any atom is 0.340 e. The zero-order valence-corrected chi connectivity index (χ0v) is 18.5. The van der Waals surface area contributed by atoms with Gasteiger partial charge in [-0.05, 0) is 38.5 Å². The van der Waals surface area contributed by atoms with Crippen LogP contribution in [0.2, 0.25) is 0 Å². The molecule has 0 bridgehead atoms. The van der Waals surface area contributed by atoms with Crippen molar-refractivity contribution in [1.29, 1.82) is 0 Å². The van der Waals surface area contributed by atoms with Gasteiger partial charge in [-0.15, -0.1) is 0 Å². The molecule has 170 valence electrons. The highest BCUT2D eigenvalue weighted by Crippen LogP contribution is 2.33. The summed E-state index contributed by atoms with van der Waals surface area (Å²) < 4.78 is 15.5. The Labute approximate surface area is 185 Å². The summed E-state index contributed by atoms with van der Waals surface area (Å²) in [5.74, 6) is -2.01. The van der Waals surface area contributed by atoms with Crippen molar-refractivity contribution in [2.24, 2.45) is 5.92 Å². The lowest BCUT2D eigenvalue weighted by Crippen LogP contribution is -2.27. The summed E-state index contributed by atoms with van der Waals surface area (Å²) in [4.78, 5) is 54.1.